The Morgan fingerprint density at radius 1 is 0.917 bits per heavy atom. The normalized spacial score (nSPS) is 13.1. The molecule has 1 N–H and O–H groups in total. The summed E-state index contributed by atoms with van der Waals surface area (Å²) in [6.07, 6.45) is 0.680. The smallest absolute Gasteiger partial charge is 0.207 e. The molecule has 0 bridgehead atoms. The molecule has 3 aromatic carbocycles. The van der Waals surface area contributed by atoms with E-state index in [1.54, 1.807) is 12.1 Å². The number of hydrogen-bond donors (Lipinski definition) is 1. The summed E-state index contributed by atoms with van der Waals surface area (Å²) in [5.41, 5.74) is 2.04. The third-order valence-electron chi connectivity index (χ3n) is 4.24. The van der Waals surface area contributed by atoms with E-state index in [1.165, 1.54) is 0 Å². The van der Waals surface area contributed by atoms with Crippen LogP contribution < -0.4 is 4.72 Å². The molecule has 0 amide bonds. The second kappa shape index (κ2) is 6.75. The van der Waals surface area contributed by atoms with E-state index >= 15 is 0 Å². The van der Waals surface area contributed by atoms with E-state index in [1.807, 2.05) is 68.4 Å². The van der Waals surface area contributed by atoms with Crippen LogP contribution in [0.4, 0.5) is 0 Å². The van der Waals surface area contributed by atoms with Gasteiger partial charge in [0.05, 0.1) is 4.90 Å². The third-order valence-corrected chi connectivity index (χ3v) is 5.72. The van der Waals surface area contributed by atoms with Crippen LogP contribution in [0, 0.1) is 6.92 Å². The zero-order valence-electron chi connectivity index (χ0n) is 13.9. The Kier molecular flexibility index (Phi) is 4.69. The summed E-state index contributed by atoms with van der Waals surface area (Å²) in [5.74, 6) is 0. The maximum absolute atomic E-state index is 12.7. The molecule has 3 nitrogen and oxygen atoms in total. The zero-order valence-corrected chi connectivity index (χ0v) is 14.7. The Morgan fingerprint density at radius 2 is 1.58 bits per heavy atom. The molecule has 3 aromatic rings. The monoisotopic (exact) mass is 339 g/mol. The van der Waals surface area contributed by atoms with Crippen LogP contribution in [0.1, 0.15) is 30.5 Å². The van der Waals surface area contributed by atoms with Crippen molar-refractivity contribution in [2.45, 2.75) is 31.2 Å². The van der Waals surface area contributed by atoms with Crippen molar-refractivity contribution in [3.05, 3.63) is 77.9 Å². The Balaban J connectivity index is 1.98. The van der Waals surface area contributed by atoms with Crippen molar-refractivity contribution < 1.29 is 8.42 Å². The lowest BCUT2D eigenvalue weighted by atomic mass is 9.98. The minimum Gasteiger partial charge on any atom is -0.207 e. The summed E-state index contributed by atoms with van der Waals surface area (Å²) in [6, 6.07) is 20.7. The number of fused-ring (bicyclic) bond motifs is 1. The molecular formula is C20H21NO2S. The lowest BCUT2D eigenvalue weighted by molar-refractivity contribution is 0.551. The predicted octanol–water partition coefficient (Wildman–Crippen LogP) is 4.58. The summed E-state index contributed by atoms with van der Waals surface area (Å²) in [7, 11) is -3.56. The molecule has 1 unspecified atom stereocenters. The Hall–Kier alpha value is -2.17. The molecule has 0 aliphatic carbocycles. The van der Waals surface area contributed by atoms with Crippen LogP contribution in [0.2, 0.25) is 0 Å². The highest BCUT2D eigenvalue weighted by Gasteiger charge is 2.21. The molecule has 0 aliphatic rings. The van der Waals surface area contributed by atoms with Gasteiger partial charge in [0.2, 0.25) is 10.0 Å². The van der Waals surface area contributed by atoms with Gasteiger partial charge < -0.3 is 0 Å². The molecule has 0 heterocycles. The molecule has 0 aliphatic heterocycles. The SMILES string of the molecule is CCC(NS(=O)(=O)c1ccc(C)cc1)c1cccc2ccccc12. The fraction of sp³-hybridized carbons (Fsp3) is 0.200. The molecule has 24 heavy (non-hydrogen) atoms. The summed E-state index contributed by atoms with van der Waals surface area (Å²) in [6.45, 7) is 3.93. The quantitative estimate of drug-likeness (QED) is 0.739. The van der Waals surface area contributed by atoms with Gasteiger partial charge >= 0.3 is 0 Å². The summed E-state index contributed by atoms with van der Waals surface area (Å²) >= 11 is 0. The van der Waals surface area contributed by atoms with Gasteiger partial charge in [-0.05, 0) is 41.8 Å². The van der Waals surface area contributed by atoms with Gasteiger partial charge in [-0.15, -0.1) is 0 Å². The van der Waals surface area contributed by atoms with Gasteiger partial charge in [0, 0.05) is 6.04 Å². The molecule has 3 rings (SSSR count). The van der Waals surface area contributed by atoms with Crippen LogP contribution in [-0.2, 0) is 10.0 Å². The predicted molar refractivity (Wildman–Crippen MR) is 98.5 cm³/mol. The molecule has 124 valence electrons. The maximum atomic E-state index is 12.7. The van der Waals surface area contributed by atoms with Gasteiger partial charge in [-0.3, -0.25) is 0 Å². The number of hydrogen-bond acceptors (Lipinski definition) is 2. The van der Waals surface area contributed by atoms with Crippen molar-refractivity contribution in [2.24, 2.45) is 0 Å². The topological polar surface area (TPSA) is 46.2 Å². The van der Waals surface area contributed by atoms with Crippen molar-refractivity contribution in [1.29, 1.82) is 0 Å². The second-order valence-electron chi connectivity index (χ2n) is 5.96. The first-order valence-corrected chi connectivity index (χ1v) is 9.56. The summed E-state index contributed by atoms with van der Waals surface area (Å²) in [5, 5.41) is 2.20. The van der Waals surface area contributed by atoms with Crippen LogP contribution in [0.25, 0.3) is 10.8 Å². The van der Waals surface area contributed by atoms with Crippen molar-refractivity contribution >= 4 is 20.8 Å². The van der Waals surface area contributed by atoms with Crippen molar-refractivity contribution in [1.82, 2.24) is 4.72 Å². The van der Waals surface area contributed by atoms with Gasteiger partial charge in [0.1, 0.15) is 0 Å². The minimum atomic E-state index is -3.56. The van der Waals surface area contributed by atoms with E-state index < -0.39 is 10.0 Å². The molecule has 0 saturated carbocycles. The van der Waals surface area contributed by atoms with Gasteiger partial charge in [0.15, 0.2) is 0 Å². The van der Waals surface area contributed by atoms with E-state index in [0.717, 1.165) is 21.9 Å². The lowest BCUT2D eigenvalue weighted by Gasteiger charge is -2.19. The van der Waals surface area contributed by atoms with Crippen molar-refractivity contribution in [3.8, 4) is 0 Å². The van der Waals surface area contributed by atoms with Gasteiger partial charge in [-0.2, -0.15) is 0 Å². The average Bonchev–Trinajstić information content (AvgIpc) is 2.60. The highest BCUT2D eigenvalue weighted by Crippen LogP contribution is 2.27. The molecule has 0 fully saturated rings. The molecule has 0 spiro atoms. The largest absolute Gasteiger partial charge is 0.241 e. The van der Waals surface area contributed by atoms with E-state index in [4.69, 9.17) is 0 Å². The first-order valence-electron chi connectivity index (χ1n) is 8.08. The molecule has 1 atom stereocenters. The fourth-order valence-corrected chi connectivity index (χ4v) is 4.19. The zero-order chi connectivity index (χ0) is 17.2. The number of aryl methyl sites for hydroxylation is 1. The van der Waals surface area contributed by atoms with Gasteiger partial charge in [0.25, 0.3) is 0 Å². The average molecular weight is 339 g/mol. The number of rotatable bonds is 5. The first-order chi connectivity index (χ1) is 11.5. The maximum Gasteiger partial charge on any atom is 0.241 e. The summed E-state index contributed by atoms with van der Waals surface area (Å²) in [4.78, 5) is 0.298. The molecule has 4 heteroatoms. The number of sulfonamides is 1. The van der Waals surface area contributed by atoms with Gasteiger partial charge in [-0.1, -0.05) is 67.1 Å². The standard InChI is InChI=1S/C20H21NO2S/c1-3-20(19-10-6-8-16-7-4-5-9-18(16)19)21-24(22,23)17-13-11-15(2)12-14-17/h4-14,20-21H,3H2,1-2H3. The van der Waals surface area contributed by atoms with Gasteiger partial charge in [-0.25, -0.2) is 13.1 Å². The van der Waals surface area contributed by atoms with Crippen LogP contribution in [0.5, 0.6) is 0 Å². The fourth-order valence-electron chi connectivity index (χ4n) is 2.89. The van der Waals surface area contributed by atoms with E-state index in [2.05, 4.69) is 4.72 Å². The Morgan fingerprint density at radius 3 is 2.29 bits per heavy atom. The van der Waals surface area contributed by atoms with Crippen LogP contribution >= 0.6 is 0 Å². The Labute approximate surface area is 143 Å². The van der Waals surface area contributed by atoms with Crippen molar-refractivity contribution in [3.63, 3.8) is 0 Å². The Bertz CT molecular complexity index is 942. The third kappa shape index (κ3) is 3.35. The van der Waals surface area contributed by atoms with Crippen LogP contribution in [0.3, 0.4) is 0 Å². The van der Waals surface area contributed by atoms with E-state index in [0.29, 0.717) is 11.3 Å². The summed E-state index contributed by atoms with van der Waals surface area (Å²) < 4.78 is 28.3. The molecule has 0 saturated heterocycles. The first kappa shape index (κ1) is 16.7. The van der Waals surface area contributed by atoms with E-state index in [9.17, 15) is 8.42 Å². The second-order valence-corrected chi connectivity index (χ2v) is 7.68. The van der Waals surface area contributed by atoms with E-state index in [-0.39, 0.29) is 6.04 Å². The molecular weight excluding hydrogens is 318 g/mol. The van der Waals surface area contributed by atoms with Crippen LogP contribution in [0.15, 0.2) is 71.6 Å². The number of nitrogens with one attached hydrogen (secondary N) is 1. The molecule has 0 radical (unpaired) electrons. The highest BCUT2D eigenvalue weighted by atomic mass is 32.2. The molecule has 0 aromatic heterocycles. The highest BCUT2D eigenvalue weighted by molar-refractivity contribution is 7.89. The van der Waals surface area contributed by atoms with Crippen molar-refractivity contribution in [2.75, 3.05) is 0 Å². The van der Waals surface area contributed by atoms with Crippen LogP contribution in [-0.4, -0.2) is 8.42 Å². The minimum absolute atomic E-state index is 0.262. The number of benzene rings is 3. The lowest BCUT2D eigenvalue weighted by Crippen LogP contribution is -2.28.